The summed E-state index contributed by atoms with van der Waals surface area (Å²) >= 11 is 1.39. The minimum absolute atomic E-state index is 0.0343. The van der Waals surface area contributed by atoms with Crippen molar-refractivity contribution < 1.29 is 9.72 Å². The molecule has 8 heteroatoms. The van der Waals surface area contributed by atoms with E-state index in [-0.39, 0.29) is 17.3 Å². The Hall–Kier alpha value is -3.00. The summed E-state index contributed by atoms with van der Waals surface area (Å²) in [4.78, 5) is 33.9. The SMILES string of the molecule is Cc1nc(SCC(=O)N2CCc3cc([N+](=O)[O-])ccc32)c2ccccc2n1. The van der Waals surface area contributed by atoms with Gasteiger partial charge in [-0.1, -0.05) is 30.0 Å². The largest absolute Gasteiger partial charge is 0.311 e. The molecule has 0 fully saturated rings. The predicted molar refractivity (Wildman–Crippen MR) is 104 cm³/mol. The van der Waals surface area contributed by atoms with Gasteiger partial charge in [0.05, 0.1) is 16.2 Å². The maximum absolute atomic E-state index is 12.7. The van der Waals surface area contributed by atoms with Gasteiger partial charge in [0.25, 0.3) is 5.69 Å². The fourth-order valence-electron chi connectivity index (χ4n) is 3.24. The highest BCUT2D eigenvalue weighted by atomic mass is 32.2. The van der Waals surface area contributed by atoms with Crippen LogP contribution >= 0.6 is 11.8 Å². The summed E-state index contributed by atoms with van der Waals surface area (Å²) < 4.78 is 0. The molecule has 0 saturated carbocycles. The van der Waals surface area contributed by atoms with Gasteiger partial charge in [-0.25, -0.2) is 9.97 Å². The first-order valence-corrected chi connectivity index (χ1v) is 9.45. The molecule has 1 aliphatic rings. The van der Waals surface area contributed by atoms with Gasteiger partial charge in [0, 0.05) is 29.8 Å². The standard InChI is InChI=1S/C19H16N4O3S/c1-12-20-16-5-3-2-4-15(16)19(21-12)27-11-18(24)22-9-8-13-10-14(23(25)26)6-7-17(13)22/h2-7,10H,8-9,11H2,1H3. The summed E-state index contributed by atoms with van der Waals surface area (Å²) in [5.74, 6) is 0.882. The van der Waals surface area contributed by atoms with Crippen LogP contribution in [0.4, 0.5) is 11.4 Å². The van der Waals surface area contributed by atoms with Crippen molar-refractivity contribution in [3.05, 3.63) is 64.0 Å². The zero-order chi connectivity index (χ0) is 19.0. The summed E-state index contributed by atoms with van der Waals surface area (Å²) in [6, 6.07) is 12.4. The Morgan fingerprint density at radius 2 is 2.07 bits per heavy atom. The number of carbonyl (C=O) groups excluding carboxylic acids is 1. The number of benzene rings is 2. The monoisotopic (exact) mass is 380 g/mol. The third kappa shape index (κ3) is 3.35. The molecule has 2 aromatic carbocycles. The number of hydrogen-bond donors (Lipinski definition) is 0. The molecule has 3 aromatic rings. The Kier molecular flexibility index (Phi) is 4.49. The van der Waals surface area contributed by atoms with Crippen molar-refractivity contribution in [2.75, 3.05) is 17.2 Å². The number of nitro groups is 1. The van der Waals surface area contributed by atoms with Crippen molar-refractivity contribution in [2.24, 2.45) is 0 Å². The number of anilines is 1. The highest BCUT2D eigenvalue weighted by Crippen LogP contribution is 2.32. The molecule has 1 amide bonds. The number of carbonyl (C=O) groups is 1. The van der Waals surface area contributed by atoms with Gasteiger partial charge in [-0.2, -0.15) is 0 Å². The van der Waals surface area contributed by atoms with E-state index in [4.69, 9.17) is 0 Å². The number of non-ortho nitro benzene ring substituents is 1. The van der Waals surface area contributed by atoms with Crippen LogP contribution in [0.3, 0.4) is 0 Å². The number of aryl methyl sites for hydroxylation is 1. The Balaban J connectivity index is 1.53. The van der Waals surface area contributed by atoms with E-state index in [0.29, 0.717) is 18.8 Å². The highest BCUT2D eigenvalue weighted by Gasteiger charge is 2.26. The van der Waals surface area contributed by atoms with Crippen LogP contribution in [0.2, 0.25) is 0 Å². The third-order valence-electron chi connectivity index (χ3n) is 4.48. The van der Waals surface area contributed by atoms with Crippen LogP contribution in [0.15, 0.2) is 47.5 Å². The minimum atomic E-state index is -0.414. The molecule has 27 heavy (non-hydrogen) atoms. The molecule has 0 atom stereocenters. The van der Waals surface area contributed by atoms with E-state index in [0.717, 1.165) is 27.2 Å². The molecular weight excluding hydrogens is 364 g/mol. The Bertz CT molecular complexity index is 1070. The molecule has 0 spiro atoms. The molecule has 0 aliphatic carbocycles. The first-order chi connectivity index (χ1) is 13.0. The van der Waals surface area contributed by atoms with Crippen LogP contribution in [-0.4, -0.2) is 33.1 Å². The maximum Gasteiger partial charge on any atom is 0.269 e. The smallest absolute Gasteiger partial charge is 0.269 e. The van der Waals surface area contributed by atoms with Gasteiger partial charge in [0.2, 0.25) is 5.91 Å². The van der Waals surface area contributed by atoms with Crippen LogP contribution < -0.4 is 4.90 Å². The molecular formula is C19H16N4O3S. The second-order valence-corrected chi connectivity index (χ2v) is 7.21. The van der Waals surface area contributed by atoms with Crippen LogP contribution in [0.5, 0.6) is 0 Å². The highest BCUT2D eigenvalue weighted by molar-refractivity contribution is 8.00. The molecule has 0 bridgehead atoms. The van der Waals surface area contributed by atoms with E-state index in [2.05, 4.69) is 9.97 Å². The fourth-order valence-corrected chi connectivity index (χ4v) is 4.18. The number of thioether (sulfide) groups is 1. The number of hydrogen-bond acceptors (Lipinski definition) is 6. The van der Waals surface area contributed by atoms with Gasteiger partial charge in [-0.15, -0.1) is 0 Å². The van der Waals surface area contributed by atoms with E-state index in [1.165, 1.54) is 17.8 Å². The van der Waals surface area contributed by atoms with E-state index in [1.54, 1.807) is 17.0 Å². The molecule has 136 valence electrons. The molecule has 2 heterocycles. The zero-order valence-electron chi connectivity index (χ0n) is 14.6. The molecule has 1 aliphatic heterocycles. The lowest BCUT2D eigenvalue weighted by Gasteiger charge is -2.17. The summed E-state index contributed by atoms with van der Waals surface area (Å²) in [5, 5.41) is 12.6. The average molecular weight is 380 g/mol. The Morgan fingerprint density at radius 1 is 1.26 bits per heavy atom. The van der Waals surface area contributed by atoms with E-state index < -0.39 is 4.92 Å². The summed E-state index contributed by atoms with van der Waals surface area (Å²) in [6.45, 7) is 2.38. The number of nitro benzene ring substituents is 1. The van der Waals surface area contributed by atoms with Gasteiger partial charge < -0.3 is 4.90 Å². The van der Waals surface area contributed by atoms with Crippen molar-refractivity contribution in [1.29, 1.82) is 0 Å². The maximum atomic E-state index is 12.7. The normalized spacial score (nSPS) is 13.0. The van der Waals surface area contributed by atoms with E-state index in [9.17, 15) is 14.9 Å². The van der Waals surface area contributed by atoms with Crippen molar-refractivity contribution in [2.45, 2.75) is 18.4 Å². The molecule has 7 nitrogen and oxygen atoms in total. The summed E-state index contributed by atoms with van der Waals surface area (Å²) in [5.41, 5.74) is 2.51. The number of fused-ring (bicyclic) bond motifs is 2. The third-order valence-corrected chi connectivity index (χ3v) is 5.46. The Labute approximate surface area is 159 Å². The second kappa shape index (κ2) is 6.96. The van der Waals surface area contributed by atoms with Crippen LogP contribution in [0, 0.1) is 17.0 Å². The zero-order valence-corrected chi connectivity index (χ0v) is 15.4. The lowest BCUT2D eigenvalue weighted by molar-refractivity contribution is -0.384. The van der Waals surface area contributed by atoms with Gasteiger partial charge >= 0.3 is 0 Å². The second-order valence-electron chi connectivity index (χ2n) is 6.25. The summed E-state index contributed by atoms with van der Waals surface area (Å²) in [6.07, 6.45) is 0.628. The first-order valence-electron chi connectivity index (χ1n) is 8.47. The number of para-hydroxylation sites is 1. The van der Waals surface area contributed by atoms with Gasteiger partial charge in [0.1, 0.15) is 10.9 Å². The van der Waals surface area contributed by atoms with Crippen molar-refractivity contribution in [3.8, 4) is 0 Å². The fraction of sp³-hybridized carbons (Fsp3) is 0.211. The van der Waals surface area contributed by atoms with Crippen molar-refractivity contribution in [3.63, 3.8) is 0 Å². The molecule has 0 radical (unpaired) electrons. The average Bonchev–Trinajstić information content (AvgIpc) is 3.09. The number of aromatic nitrogens is 2. The van der Waals surface area contributed by atoms with Gasteiger partial charge in [0.15, 0.2) is 0 Å². The number of nitrogens with zero attached hydrogens (tertiary/aromatic N) is 4. The summed E-state index contributed by atoms with van der Waals surface area (Å²) in [7, 11) is 0. The minimum Gasteiger partial charge on any atom is -0.311 e. The number of amides is 1. The van der Waals surface area contributed by atoms with E-state index >= 15 is 0 Å². The van der Waals surface area contributed by atoms with Crippen LogP contribution in [0.1, 0.15) is 11.4 Å². The topological polar surface area (TPSA) is 89.2 Å². The quantitative estimate of drug-likeness (QED) is 0.298. The first kappa shape index (κ1) is 17.4. The van der Waals surface area contributed by atoms with Gasteiger partial charge in [-0.3, -0.25) is 14.9 Å². The molecule has 4 rings (SSSR count). The predicted octanol–water partition coefficient (Wildman–Crippen LogP) is 3.53. The van der Waals surface area contributed by atoms with Crippen LogP contribution in [-0.2, 0) is 11.2 Å². The van der Waals surface area contributed by atoms with Crippen molar-refractivity contribution in [1.82, 2.24) is 9.97 Å². The Morgan fingerprint density at radius 3 is 2.89 bits per heavy atom. The van der Waals surface area contributed by atoms with E-state index in [1.807, 2.05) is 31.2 Å². The molecule has 0 saturated heterocycles. The van der Waals surface area contributed by atoms with Crippen LogP contribution in [0.25, 0.3) is 10.9 Å². The van der Waals surface area contributed by atoms with Gasteiger partial charge in [-0.05, 0) is 31.0 Å². The van der Waals surface area contributed by atoms with Crippen molar-refractivity contribution >= 4 is 39.9 Å². The molecule has 0 N–H and O–H groups in total. The molecule has 1 aromatic heterocycles. The number of rotatable bonds is 4. The molecule has 0 unspecified atom stereocenters. The lowest BCUT2D eigenvalue weighted by atomic mass is 10.1. The lowest BCUT2D eigenvalue weighted by Crippen LogP contribution is -2.30.